The molecule has 0 bridgehead atoms. The number of nitrogens with two attached hydrogens (primary N) is 1. The van der Waals surface area contributed by atoms with Crippen LogP contribution in [-0.2, 0) is 0 Å². The lowest BCUT2D eigenvalue weighted by atomic mass is 9.84. The minimum atomic E-state index is 0.531. The second kappa shape index (κ2) is 7.36. The molecule has 3 N–H and O–H groups in total. The largest absolute Gasteiger partial charge is 0.476 e. The lowest BCUT2D eigenvalue weighted by Gasteiger charge is -2.29. The summed E-state index contributed by atoms with van der Waals surface area (Å²) in [4.78, 5) is 4.50. The highest BCUT2D eigenvalue weighted by atomic mass is 16.5. The number of nitrogen functional groups attached to an aromatic ring is 1. The summed E-state index contributed by atoms with van der Waals surface area (Å²) in [6, 6.07) is 4.35. The van der Waals surface area contributed by atoms with Crippen molar-refractivity contribution in [1.29, 1.82) is 0 Å². The average Bonchev–Trinajstić information content (AvgIpc) is 2.48. The first-order chi connectivity index (χ1) is 9.72. The molecule has 1 saturated carbocycles. The number of hydrogen-bond acceptors (Lipinski definition) is 4. The summed E-state index contributed by atoms with van der Waals surface area (Å²) in [6.07, 6.45) is 7.39. The van der Waals surface area contributed by atoms with Gasteiger partial charge in [-0.05, 0) is 37.3 Å². The second-order valence-electron chi connectivity index (χ2n) is 5.72. The van der Waals surface area contributed by atoms with Crippen LogP contribution in [0.2, 0.25) is 0 Å². The molecule has 1 heterocycles. The van der Waals surface area contributed by atoms with Crippen LogP contribution in [0, 0.1) is 5.92 Å². The van der Waals surface area contributed by atoms with Gasteiger partial charge in [0.25, 0.3) is 0 Å². The fourth-order valence-electron chi connectivity index (χ4n) is 2.85. The van der Waals surface area contributed by atoms with Crippen molar-refractivity contribution >= 4 is 11.5 Å². The van der Waals surface area contributed by atoms with Gasteiger partial charge in [-0.1, -0.05) is 33.1 Å². The van der Waals surface area contributed by atoms with Gasteiger partial charge in [0.2, 0.25) is 5.88 Å². The van der Waals surface area contributed by atoms with Crippen molar-refractivity contribution < 1.29 is 4.74 Å². The van der Waals surface area contributed by atoms with E-state index in [1.807, 2.05) is 12.1 Å². The zero-order valence-corrected chi connectivity index (χ0v) is 12.7. The minimum Gasteiger partial charge on any atom is -0.476 e. The van der Waals surface area contributed by atoms with E-state index in [-0.39, 0.29) is 0 Å². The first kappa shape index (κ1) is 14.9. The number of hydrogen-bond donors (Lipinski definition) is 2. The minimum absolute atomic E-state index is 0.531. The summed E-state index contributed by atoms with van der Waals surface area (Å²) in [7, 11) is 0. The van der Waals surface area contributed by atoms with Gasteiger partial charge in [-0.25, -0.2) is 0 Å². The summed E-state index contributed by atoms with van der Waals surface area (Å²) in [5, 5.41) is 3.54. The van der Waals surface area contributed by atoms with E-state index in [2.05, 4.69) is 24.1 Å². The number of anilines is 2. The number of ether oxygens (including phenoxy) is 1. The number of pyridine rings is 1. The molecule has 0 spiro atoms. The molecule has 112 valence electrons. The van der Waals surface area contributed by atoms with Crippen LogP contribution in [0.3, 0.4) is 0 Å². The van der Waals surface area contributed by atoms with Crippen molar-refractivity contribution in [2.75, 3.05) is 17.7 Å². The Hall–Kier alpha value is -1.45. The molecule has 2 atom stereocenters. The van der Waals surface area contributed by atoms with Crippen LogP contribution in [0.1, 0.15) is 52.4 Å². The summed E-state index contributed by atoms with van der Waals surface area (Å²) in [6.45, 7) is 5.01. The molecule has 0 radical (unpaired) electrons. The molecular formula is C16H27N3O. The maximum atomic E-state index is 5.89. The van der Waals surface area contributed by atoms with Crippen LogP contribution in [0.5, 0.6) is 5.88 Å². The van der Waals surface area contributed by atoms with E-state index >= 15 is 0 Å². The van der Waals surface area contributed by atoms with E-state index in [1.54, 1.807) is 0 Å². The van der Waals surface area contributed by atoms with Crippen molar-refractivity contribution in [3.63, 3.8) is 0 Å². The molecule has 0 aliphatic heterocycles. The number of aromatic nitrogens is 1. The standard InChI is InChI=1S/C16H27N3O/c1-3-10-20-16-14(17)8-9-15(19-16)18-13-7-5-6-12(4-2)11-13/h8-9,12-13H,3-7,10-11,17H2,1-2H3,(H,18,19). The van der Waals surface area contributed by atoms with Crippen molar-refractivity contribution in [2.24, 2.45) is 5.92 Å². The quantitative estimate of drug-likeness (QED) is 0.829. The van der Waals surface area contributed by atoms with Gasteiger partial charge in [-0.2, -0.15) is 4.98 Å². The van der Waals surface area contributed by atoms with Crippen LogP contribution < -0.4 is 15.8 Å². The number of nitrogens with zero attached hydrogens (tertiary/aromatic N) is 1. The van der Waals surface area contributed by atoms with Crippen LogP contribution >= 0.6 is 0 Å². The maximum Gasteiger partial charge on any atom is 0.239 e. The van der Waals surface area contributed by atoms with Gasteiger partial charge in [0.15, 0.2) is 0 Å². The molecule has 1 fully saturated rings. The lowest BCUT2D eigenvalue weighted by molar-refractivity contribution is 0.306. The van der Waals surface area contributed by atoms with Crippen molar-refractivity contribution in [2.45, 2.75) is 58.4 Å². The Balaban J connectivity index is 1.98. The molecular weight excluding hydrogens is 250 g/mol. The zero-order chi connectivity index (χ0) is 14.4. The average molecular weight is 277 g/mol. The van der Waals surface area contributed by atoms with Gasteiger partial charge in [0.05, 0.1) is 12.3 Å². The zero-order valence-electron chi connectivity index (χ0n) is 12.7. The van der Waals surface area contributed by atoms with E-state index in [0.717, 1.165) is 18.2 Å². The molecule has 1 aliphatic rings. The molecule has 0 aromatic carbocycles. The summed E-state index contributed by atoms with van der Waals surface area (Å²) in [5.74, 6) is 2.29. The van der Waals surface area contributed by atoms with Crippen LogP contribution in [-0.4, -0.2) is 17.6 Å². The number of nitrogens with one attached hydrogen (secondary N) is 1. The predicted molar refractivity (Wildman–Crippen MR) is 84.1 cm³/mol. The normalized spacial score (nSPS) is 22.5. The molecule has 4 nitrogen and oxygen atoms in total. The Labute approximate surface area is 122 Å². The van der Waals surface area contributed by atoms with E-state index < -0.39 is 0 Å². The van der Waals surface area contributed by atoms with Crippen LogP contribution in [0.4, 0.5) is 11.5 Å². The highest BCUT2D eigenvalue weighted by molar-refractivity contribution is 5.53. The van der Waals surface area contributed by atoms with Gasteiger partial charge in [-0.3, -0.25) is 0 Å². The monoisotopic (exact) mass is 277 g/mol. The fraction of sp³-hybridized carbons (Fsp3) is 0.688. The second-order valence-corrected chi connectivity index (χ2v) is 5.72. The Morgan fingerprint density at radius 3 is 2.95 bits per heavy atom. The molecule has 0 saturated heterocycles. The van der Waals surface area contributed by atoms with Gasteiger partial charge in [-0.15, -0.1) is 0 Å². The molecule has 20 heavy (non-hydrogen) atoms. The summed E-state index contributed by atoms with van der Waals surface area (Å²) < 4.78 is 5.58. The summed E-state index contributed by atoms with van der Waals surface area (Å²) >= 11 is 0. The smallest absolute Gasteiger partial charge is 0.239 e. The Morgan fingerprint density at radius 2 is 2.20 bits per heavy atom. The van der Waals surface area contributed by atoms with Crippen molar-refractivity contribution in [1.82, 2.24) is 4.98 Å². The van der Waals surface area contributed by atoms with Crippen LogP contribution in [0.25, 0.3) is 0 Å². The topological polar surface area (TPSA) is 60.2 Å². The van der Waals surface area contributed by atoms with Crippen molar-refractivity contribution in [3.05, 3.63) is 12.1 Å². The van der Waals surface area contributed by atoms with E-state index in [4.69, 9.17) is 10.5 Å². The molecule has 1 aromatic heterocycles. The predicted octanol–water partition coefficient (Wildman–Crippen LogP) is 3.83. The first-order valence-electron chi connectivity index (χ1n) is 7.88. The van der Waals surface area contributed by atoms with Gasteiger partial charge >= 0.3 is 0 Å². The first-order valence-corrected chi connectivity index (χ1v) is 7.88. The van der Waals surface area contributed by atoms with E-state index in [9.17, 15) is 0 Å². The fourth-order valence-corrected chi connectivity index (χ4v) is 2.85. The Bertz CT molecular complexity index is 422. The summed E-state index contributed by atoms with van der Waals surface area (Å²) in [5.41, 5.74) is 6.50. The Morgan fingerprint density at radius 1 is 1.35 bits per heavy atom. The molecule has 2 unspecified atom stereocenters. The van der Waals surface area contributed by atoms with Crippen LogP contribution in [0.15, 0.2) is 12.1 Å². The SMILES string of the molecule is CCCOc1nc(NC2CCCC(CC)C2)ccc1N. The Kier molecular flexibility index (Phi) is 5.50. The van der Waals surface area contributed by atoms with Gasteiger partial charge in [0, 0.05) is 6.04 Å². The molecule has 0 amide bonds. The highest BCUT2D eigenvalue weighted by Crippen LogP contribution is 2.29. The van der Waals surface area contributed by atoms with E-state index in [0.29, 0.717) is 24.2 Å². The van der Waals surface area contributed by atoms with Crippen molar-refractivity contribution in [3.8, 4) is 5.88 Å². The molecule has 1 aromatic rings. The third-order valence-corrected chi connectivity index (χ3v) is 4.04. The third kappa shape index (κ3) is 4.02. The lowest BCUT2D eigenvalue weighted by Crippen LogP contribution is -2.27. The van der Waals surface area contributed by atoms with Gasteiger partial charge < -0.3 is 15.8 Å². The molecule has 4 heteroatoms. The van der Waals surface area contributed by atoms with E-state index in [1.165, 1.54) is 32.1 Å². The highest BCUT2D eigenvalue weighted by Gasteiger charge is 2.21. The third-order valence-electron chi connectivity index (χ3n) is 4.04. The number of rotatable bonds is 6. The maximum absolute atomic E-state index is 5.89. The molecule has 2 rings (SSSR count). The van der Waals surface area contributed by atoms with Gasteiger partial charge in [0.1, 0.15) is 5.82 Å². The molecule has 1 aliphatic carbocycles.